The van der Waals surface area contributed by atoms with E-state index in [9.17, 15) is 0 Å². The van der Waals surface area contributed by atoms with E-state index in [0.29, 0.717) is 11.8 Å². The topological polar surface area (TPSA) is 17.8 Å². The van der Waals surface area contributed by atoms with Gasteiger partial charge in [-0.3, -0.25) is 0 Å². The number of aromatic nitrogens is 2. The largest absolute Gasteiger partial charge is 0.306 e. The van der Waals surface area contributed by atoms with Gasteiger partial charge in [0, 0.05) is 24.2 Å². The monoisotopic (exact) mass is 402 g/mol. The van der Waals surface area contributed by atoms with Crippen molar-refractivity contribution >= 4 is 12.4 Å². The molecule has 0 N–H and O–H groups in total. The van der Waals surface area contributed by atoms with E-state index >= 15 is 0 Å². The lowest BCUT2D eigenvalue weighted by Gasteiger charge is -2.25. The van der Waals surface area contributed by atoms with Crippen molar-refractivity contribution in [3.8, 4) is 5.69 Å². The van der Waals surface area contributed by atoms with Gasteiger partial charge < -0.3 is 4.57 Å². The van der Waals surface area contributed by atoms with Crippen molar-refractivity contribution in [2.45, 2.75) is 32.6 Å². The maximum Gasteiger partial charge on any atom is 0.0991 e. The maximum absolute atomic E-state index is 4.33. The van der Waals surface area contributed by atoms with Crippen molar-refractivity contribution in [3.05, 3.63) is 119 Å². The Balaban J connectivity index is 0.00000240. The van der Waals surface area contributed by atoms with Gasteiger partial charge in [-0.25, -0.2) is 4.98 Å². The summed E-state index contributed by atoms with van der Waals surface area (Å²) in [5.74, 6) is 0.584. The molecule has 0 spiro atoms. The highest BCUT2D eigenvalue weighted by Gasteiger charge is 2.21. The van der Waals surface area contributed by atoms with E-state index in [2.05, 4.69) is 103 Å². The number of imidazole rings is 1. The van der Waals surface area contributed by atoms with Crippen LogP contribution in [0.2, 0.25) is 0 Å². The van der Waals surface area contributed by atoms with Crippen molar-refractivity contribution in [3.63, 3.8) is 0 Å². The van der Waals surface area contributed by atoms with Crippen LogP contribution in [0.3, 0.4) is 0 Å². The smallest absolute Gasteiger partial charge is 0.0991 e. The van der Waals surface area contributed by atoms with Crippen molar-refractivity contribution < 1.29 is 0 Å². The van der Waals surface area contributed by atoms with Crippen LogP contribution >= 0.6 is 12.4 Å². The molecule has 3 aromatic carbocycles. The van der Waals surface area contributed by atoms with Gasteiger partial charge in [-0.1, -0.05) is 92.2 Å². The van der Waals surface area contributed by atoms with E-state index in [1.54, 1.807) is 0 Å². The molecule has 29 heavy (non-hydrogen) atoms. The average Bonchev–Trinajstić information content (AvgIpc) is 3.27. The fourth-order valence-electron chi connectivity index (χ4n) is 4.03. The first-order valence-corrected chi connectivity index (χ1v) is 9.88. The second-order valence-electron chi connectivity index (χ2n) is 7.53. The first-order valence-electron chi connectivity index (χ1n) is 9.88. The number of rotatable bonds is 5. The van der Waals surface area contributed by atoms with Crippen LogP contribution < -0.4 is 0 Å². The lowest BCUT2D eigenvalue weighted by Crippen LogP contribution is -2.10. The number of halogens is 1. The third-order valence-electron chi connectivity index (χ3n) is 5.61. The summed E-state index contributed by atoms with van der Waals surface area (Å²) in [6.07, 6.45) is 5.81. The highest BCUT2D eigenvalue weighted by molar-refractivity contribution is 5.85. The van der Waals surface area contributed by atoms with Crippen LogP contribution in [0.4, 0.5) is 0 Å². The second-order valence-corrected chi connectivity index (χ2v) is 7.53. The van der Waals surface area contributed by atoms with Gasteiger partial charge in [0.15, 0.2) is 0 Å². The predicted molar refractivity (Wildman–Crippen MR) is 123 cm³/mol. The molecular weight excluding hydrogens is 376 g/mol. The summed E-state index contributed by atoms with van der Waals surface area (Å²) in [4.78, 5) is 4.33. The molecule has 0 saturated carbocycles. The maximum atomic E-state index is 4.33. The Kier molecular flexibility index (Phi) is 6.56. The summed E-state index contributed by atoms with van der Waals surface area (Å²) >= 11 is 0. The van der Waals surface area contributed by atoms with E-state index in [-0.39, 0.29) is 12.4 Å². The molecule has 0 saturated heterocycles. The highest BCUT2D eigenvalue weighted by atomic mass is 35.5. The summed E-state index contributed by atoms with van der Waals surface area (Å²) < 4.78 is 2.17. The number of nitrogens with zero attached hydrogens (tertiary/aromatic N) is 2. The summed E-state index contributed by atoms with van der Waals surface area (Å²) in [5, 5.41) is 0. The molecule has 1 heterocycles. The molecule has 0 aliphatic carbocycles. The lowest BCUT2D eigenvalue weighted by atomic mass is 9.84. The van der Waals surface area contributed by atoms with E-state index in [1.165, 1.54) is 33.5 Å². The van der Waals surface area contributed by atoms with Crippen LogP contribution in [-0.4, -0.2) is 9.55 Å². The summed E-state index contributed by atoms with van der Waals surface area (Å²) in [7, 11) is 0. The van der Waals surface area contributed by atoms with Crippen LogP contribution in [0.25, 0.3) is 5.69 Å². The van der Waals surface area contributed by atoms with Crippen LogP contribution in [-0.2, 0) is 0 Å². The number of hydrogen-bond acceptors (Lipinski definition) is 1. The fraction of sp³-hybridized carbons (Fsp3) is 0.192. The van der Waals surface area contributed by atoms with Crippen molar-refractivity contribution in [1.29, 1.82) is 0 Å². The number of aryl methyl sites for hydroxylation is 1. The molecule has 1 aromatic heterocycles. The van der Waals surface area contributed by atoms with Gasteiger partial charge in [0.05, 0.1) is 12.0 Å². The quantitative estimate of drug-likeness (QED) is 0.354. The molecule has 0 amide bonds. The number of hydrogen-bond donors (Lipinski definition) is 0. The highest BCUT2D eigenvalue weighted by Crippen LogP contribution is 2.37. The lowest BCUT2D eigenvalue weighted by molar-refractivity contribution is 0.845. The molecule has 0 radical (unpaired) electrons. The van der Waals surface area contributed by atoms with Crippen molar-refractivity contribution in [2.75, 3.05) is 0 Å². The summed E-state index contributed by atoms with van der Waals surface area (Å²) in [6.45, 7) is 6.78. The van der Waals surface area contributed by atoms with Gasteiger partial charge >= 0.3 is 0 Å². The van der Waals surface area contributed by atoms with Gasteiger partial charge in [0.2, 0.25) is 0 Å². The van der Waals surface area contributed by atoms with E-state index in [4.69, 9.17) is 0 Å². The molecule has 4 aromatic rings. The Hall–Kier alpha value is -2.84. The Morgan fingerprint density at radius 1 is 0.759 bits per heavy atom. The normalized spacial score (nSPS) is 12.8. The van der Waals surface area contributed by atoms with Gasteiger partial charge in [-0.15, -0.1) is 12.4 Å². The van der Waals surface area contributed by atoms with Crippen LogP contribution in [0.1, 0.15) is 53.5 Å². The minimum Gasteiger partial charge on any atom is -0.306 e. The third kappa shape index (κ3) is 4.28. The van der Waals surface area contributed by atoms with Gasteiger partial charge in [0.25, 0.3) is 0 Å². The molecule has 0 fully saturated rings. The minimum absolute atomic E-state index is 0. The first kappa shape index (κ1) is 20.9. The number of benzene rings is 3. The van der Waals surface area contributed by atoms with Crippen molar-refractivity contribution in [1.82, 2.24) is 9.55 Å². The minimum atomic E-state index is 0. The Labute approximate surface area is 179 Å². The van der Waals surface area contributed by atoms with E-state index in [1.807, 2.05) is 18.7 Å². The molecular formula is C26H27ClN2. The van der Waals surface area contributed by atoms with Crippen molar-refractivity contribution in [2.24, 2.45) is 0 Å². The third-order valence-corrected chi connectivity index (χ3v) is 5.61. The molecule has 2 nitrogen and oxygen atoms in total. The molecule has 2 atom stereocenters. The molecule has 4 rings (SSSR count). The zero-order valence-electron chi connectivity index (χ0n) is 17.1. The molecule has 3 heteroatoms. The van der Waals surface area contributed by atoms with Gasteiger partial charge in [-0.2, -0.15) is 0 Å². The predicted octanol–water partition coefficient (Wildman–Crippen LogP) is 6.91. The molecule has 1 unspecified atom stereocenters. The van der Waals surface area contributed by atoms with Gasteiger partial charge in [-0.05, 0) is 29.2 Å². The van der Waals surface area contributed by atoms with Crippen LogP contribution in [0, 0.1) is 6.92 Å². The standard InChI is InChI=1S/C26H26N2.ClH/c1-19-16-24(20(2)22-10-6-4-7-11-22)26(28-15-14-27-18-28)25(17-19)21(3)23-12-8-5-9-13-23;/h4-18,20-21H,1-3H3;1H/t20-,21?;/m0./s1. The summed E-state index contributed by atoms with van der Waals surface area (Å²) in [6, 6.07) is 26.1. The Morgan fingerprint density at radius 2 is 1.24 bits per heavy atom. The molecule has 0 aliphatic rings. The molecule has 0 bridgehead atoms. The Morgan fingerprint density at radius 3 is 1.66 bits per heavy atom. The van der Waals surface area contributed by atoms with Crippen LogP contribution in [0.15, 0.2) is 91.5 Å². The zero-order valence-corrected chi connectivity index (χ0v) is 17.9. The van der Waals surface area contributed by atoms with Gasteiger partial charge in [0.1, 0.15) is 0 Å². The molecule has 0 aliphatic heterocycles. The second kappa shape index (κ2) is 9.11. The Bertz CT molecular complexity index is 974. The summed E-state index contributed by atoms with van der Waals surface area (Å²) in [5.41, 5.74) is 7.86. The van der Waals surface area contributed by atoms with E-state index < -0.39 is 0 Å². The van der Waals surface area contributed by atoms with Crippen LogP contribution in [0.5, 0.6) is 0 Å². The average molecular weight is 403 g/mol. The van der Waals surface area contributed by atoms with E-state index in [0.717, 1.165) is 0 Å². The fourth-order valence-corrected chi connectivity index (χ4v) is 4.03. The SMILES string of the molecule is Cc1cc(C(C)c2ccccc2)c(-n2ccnc2)c([C@@H](C)c2ccccc2)c1.Cl. The first-order chi connectivity index (χ1) is 13.6. The molecule has 148 valence electrons. The zero-order chi connectivity index (χ0) is 19.5.